The predicted octanol–water partition coefficient (Wildman–Crippen LogP) is 3.61. The molecule has 2 heterocycles. The van der Waals surface area contributed by atoms with Crippen LogP contribution in [0.1, 0.15) is 36.0 Å². The van der Waals surface area contributed by atoms with E-state index in [0.29, 0.717) is 25.5 Å². The molecule has 2 aliphatic rings. The highest BCUT2D eigenvalue weighted by atomic mass is 16.5. The number of nitrogens with zero attached hydrogens (tertiary/aromatic N) is 2. The molecule has 0 aliphatic carbocycles. The van der Waals surface area contributed by atoms with Crippen LogP contribution in [-0.4, -0.2) is 53.9 Å². The normalized spacial score (nSPS) is 21.4. The van der Waals surface area contributed by atoms with Crippen molar-refractivity contribution in [3.63, 3.8) is 0 Å². The second kappa shape index (κ2) is 9.12. The van der Waals surface area contributed by atoms with Crippen molar-refractivity contribution in [1.82, 2.24) is 9.80 Å². The Bertz CT molecular complexity index is 825. The Morgan fingerprint density at radius 1 is 0.931 bits per heavy atom. The molecule has 2 amide bonds. The number of carbonyl (C=O) groups is 2. The van der Waals surface area contributed by atoms with E-state index in [1.807, 2.05) is 70.5 Å². The number of hydrogen-bond acceptors (Lipinski definition) is 3. The number of piperidine rings is 2. The second-order valence-corrected chi connectivity index (χ2v) is 7.87. The van der Waals surface area contributed by atoms with Crippen LogP contribution in [0.2, 0.25) is 0 Å². The summed E-state index contributed by atoms with van der Waals surface area (Å²) in [5.74, 6) is 1.42. The van der Waals surface area contributed by atoms with Crippen molar-refractivity contribution in [2.24, 2.45) is 5.92 Å². The molecule has 2 atom stereocenters. The van der Waals surface area contributed by atoms with Gasteiger partial charge < -0.3 is 14.5 Å². The van der Waals surface area contributed by atoms with Crippen LogP contribution in [0.4, 0.5) is 0 Å². The molecule has 5 heteroatoms. The molecule has 2 aromatic carbocycles. The molecule has 0 saturated carbocycles. The fourth-order valence-corrected chi connectivity index (χ4v) is 4.56. The summed E-state index contributed by atoms with van der Waals surface area (Å²) in [5, 5.41) is 0. The Hall–Kier alpha value is -2.82. The van der Waals surface area contributed by atoms with Gasteiger partial charge in [-0.3, -0.25) is 9.59 Å². The summed E-state index contributed by atoms with van der Waals surface area (Å²) in [6.45, 7) is 2.66. The molecule has 2 aromatic rings. The lowest BCUT2D eigenvalue weighted by atomic mass is 9.83. The Labute approximate surface area is 172 Å². The molecule has 0 aromatic heterocycles. The second-order valence-electron chi connectivity index (χ2n) is 7.87. The molecule has 29 heavy (non-hydrogen) atoms. The number of amides is 2. The minimum atomic E-state index is 0.122. The summed E-state index contributed by atoms with van der Waals surface area (Å²) in [4.78, 5) is 29.6. The monoisotopic (exact) mass is 392 g/mol. The van der Waals surface area contributed by atoms with Gasteiger partial charge in [-0.1, -0.05) is 36.4 Å². The van der Waals surface area contributed by atoms with Crippen LogP contribution in [0.5, 0.6) is 5.75 Å². The highest BCUT2D eigenvalue weighted by molar-refractivity contribution is 5.94. The molecule has 0 radical (unpaired) electrons. The first-order chi connectivity index (χ1) is 14.2. The van der Waals surface area contributed by atoms with E-state index in [1.54, 1.807) is 0 Å². The van der Waals surface area contributed by atoms with E-state index in [-0.39, 0.29) is 17.9 Å². The van der Waals surface area contributed by atoms with Crippen LogP contribution in [0.25, 0.3) is 0 Å². The maximum absolute atomic E-state index is 13.0. The van der Waals surface area contributed by atoms with Crippen molar-refractivity contribution in [1.29, 1.82) is 0 Å². The molecule has 5 nitrogen and oxygen atoms in total. The van der Waals surface area contributed by atoms with Gasteiger partial charge in [-0.15, -0.1) is 0 Å². The van der Waals surface area contributed by atoms with Gasteiger partial charge in [0.1, 0.15) is 5.75 Å². The fourth-order valence-electron chi connectivity index (χ4n) is 4.56. The fraction of sp³-hybridized carbons (Fsp3) is 0.417. The van der Waals surface area contributed by atoms with Crippen molar-refractivity contribution in [3.8, 4) is 5.75 Å². The summed E-state index contributed by atoms with van der Waals surface area (Å²) in [6.07, 6.45) is 3.32. The Morgan fingerprint density at radius 2 is 1.66 bits per heavy atom. The number of para-hydroxylation sites is 1. The first-order valence-corrected chi connectivity index (χ1v) is 10.5. The van der Waals surface area contributed by atoms with Gasteiger partial charge in [0.25, 0.3) is 5.91 Å². The predicted molar refractivity (Wildman–Crippen MR) is 112 cm³/mol. The SMILES string of the molecule is O=C(CCOc1ccccc1)N1CC[C@H]2[C@H](CCCN2C(=O)c2ccccc2)C1. The van der Waals surface area contributed by atoms with Crippen LogP contribution in [-0.2, 0) is 4.79 Å². The van der Waals surface area contributed by atoms with E-state index >= 15 is 0 Å². The Morgan fingerprint density at radius 3 is 2.41 bits per heavy atom. The number of ether oxygens (including phenoxy) is 1. The van der Waals surface area contributed by atoms with Crippen molar-refractivity contribution in [2.75, 3.05) is 26.2 Å². The van der Waals surface area contributed by atoms with Gasteiger partial charge >= 0.3 is 0 Å². The molecule has 0 spiro atoms. The molecule has 2 fully saturated rings. The van der Waals surface area contributed by atoms with E-state index in [1.165, 1.54) is 0 Å². The molecular weight excluding hydrogens is 364 g/mol. The van der Waals surface area contributed by atoms with Gasteiger partial charge in [0, 0.05) is 31.2 Å². The van der Waals surface area contributed by atoms with Crippen molar-refractivity contribution >= 4 is 11.8 Å². The van der Waals surface area contributed by atoms with E-state index in [9.17, 15) is 9.59 Å². The average Bonchev–Trinajstić information content (AvgIpc) is 2.79. The molecule has 152 valence electrons. The van der Waals surface area contributed by atoms with Crippen LogP contribution in [0.15, 0.2) is 60.7 Å². The largest absolute Gasteiger partial charge is 0.493 e. The summed E-state index contributed by atoms with van der Waals surface area (Å²) >= 11 is 0. The van der Waals surface area contributed by atoms with Crippen molar-refractivity contribution in [3.05, 3.63) is 66.2 Å². The van der Waals surface area contributed by atoms with Gasteiger partial charge in [0.05, 0.1) is 13.0 Å². The molecule has 2 saturated heterocycles. The van der Waals surface area contributed by atoms with Gasteiger partial charge in [-0.25, -0.2) is 0 Å². The Kier molecular flexibility index (Phi) is 6.13. The number of fused-ring (bicyclic) bond motifs is 1. The number of benzene rings is 2. The first-order valence-electron chi connectivity index (χ1n) is 10.5. The lowest BCUT2D eigenvalue weighted by Crippen LogP contribution is -2.56. The highest BCUT2D eigenvalue weighted by Crippen LogP contribution is 2.32. The zero-order valence-electron chi connectivity index (χ0n) is 16.7. The number of carbonyl (C=O) groups excluding carboxylic acids is 2. The van der Waals surface area contributed by atoms with E-state index in [2.05, 4.69) is 0 Å². The van der Waals surface area contributed by atoms with Crippen LogP contribution in [0.3, 0.4) is 0 Å². The molecule has 0 unspecified atom stereocenters. The molecule has 0 bridgehead atoms. The Balaban J connectivity index is 1.31. The summed E-state index contributed by atoms with van der Waals surface area (Å²) in [7, 11) is 0. The van der Waals surface area contributed by atoms with Gasteiger partial charge in [-0.05, 0) is 49.4 Å². The molecule has 2 aliphatic heterocycles. The van der Waals surface area contributed by atoms with E-state index < -0.39 is 0 Å². The number of rotatable bonds is 5. The third kappa shape index (κ3) is 4.61. The quantitative estimate of drug-likeness (QED) is 0.781. The smallest absolute Gasteiger partial charge is 0.254 e. The molecule has 4 rings (SSSR count). The van der Waals surface area contributed by atoms with Crippen molar-refractivity contribution < 1.29 is 14.3 Å². The number of hydrogen-bond donors (Lipinski definition) is 0. The zero-order valence-corrected chi connectivity index (χ0v) is 16.7. The maximum atomic E-state index is 13.0. The molecular formula is C24H28N2O3. The minimum absolute atomic E-state index is 0.122. The summed E-state index contributed by atoms with van der Waals surface area (Å²) < 4.78 is 5.67. The summed E-state index contributed by atoms with van der Waals surface area (Å²) in [6, 6.07) is 19.4. The zero-order chi connectivity index (χ0) is 20.1. The van der Waals surface area contributed by atoms with Crippen LogP contribution >= 0.6 is 0 Å². The third-order valence-corrected chi connectivity index (χ3v) is 6.03. The van der Waals surface area contributed by atoms with Gasteiger partial charge in [0.2, 0.25) is 5.91 Å². The number of likely N-dealkylation sites (tertiary alicyclic amines) is 2. The van der Waals surface area contributed by atoms with Crippen molar-refractivity contribution in [2.45, 2.75) is 31.7 Å². The van der Waals surface area contributed by atoms with Crippen LogP contribution < -0.4 is 4.74 Å². The van der Waals surface area contributed by atoms with E-state index in [4.69, 9.17) is 4.74 Å². The lowest BCUT2D eigenvalue weighted by Gasteiger charge is -2.47. The minimum Gasteiger partial charge on any atom is -0.493 e. The first kappa shape index (κ1) is 19.5. The van der Waals surface area contributed by atoms with Gasteiger partial charge in [0.15, 0.2) is 0 Å². The highest BCUT2D eigenvalue weighted by Gasteiger charge is 2.39. The van der Waals surface area contributed by atoms with Crippen LogP contribution in [0, 0.1) is 5.92 Å². The molecule has 0 N–H and O–H groups in total. The average molecular weight is 392 g/mol. The standard InChI is InChI=1S/C24H28N2O3/c27-23(14-17-29-21-11-5-2-6-12-21)25-16-13-22-20(18-25)10-7-15-26(22)24(28)19-8-3-1-4-9-19/h1-6,8-9,11-12,20,22H,7,10,13-18H2/t20-,22+/m1/s1. The maximum Gasteiger partial charge on any atom is 0.254 e. The third-order valence-electron chi connectivity index (χ3n) is 6.03. The van der Waals surface area contributed by atoms with Gasteiger partial charge in [-0.2, -0.15) is 0 Å². The van der Waals surface area contributed by atoms with E-state index in [0.717, 1.165) is 43.7 Å². The topological polar surface area (TPSA) is 49.9 Å². The summed E-state index contributed by atoms with van der Waals surface area (Å²) in [5.41, 5.74) is 0.754. The lowest BCUT2D eigenvalue weighted by molar-refractivity contribution is -0.135.